The molecule has 0 aliphatic heterocycles. The number of halogens is 1. The van der Waals surface area contributed by atoms with Crippen molar-refractivity contribution in [2.24, 2.45) is 0 Å². The van der Waals surface area contributed by atoms with Gasteiger partial charge >= 0.3 is 0 Å². The van der Waals surface area contributed by atoms with E-state index in [1.54, 1.807) is 11.3 Å². The zero-order valence-corrected chi connectivity index (χ0v) is 10.9. The maximum atomic E-state index is 4.62. The van der Waals surface area contributed by atoms with Gasteiger partial charge in [-0.2, -0.15) is 0 Å². The van der Waals surface area contributed by atoms with Crippen LogP contribution in [0.1, 0.15) is 19.0 Å². The minimum Gasteiger partial charge on any atom is -0.241 e. The first kappa shape index (κ1) is 10.8. The molecule has 0 bridgehead atoms. The Morgan fingerprint density at radius 2 is 2.13 bits per heavy atom. The van der Waals surface area contributed by atoms with Crippen LogP contribution in [0.4, 0.5) is 0 Å². The molecule has 2 aromatic rings. The summed E-state index contributed by atoms with van der Waals surface area (Å²) in [5.41, 5.74) is 2.39. The Bertz CT molecular complexity index is 450. The van der Waals surface area contributed by atoms with Gasteiger partial charge in [0.2, 0.25) is 0 Å². The topological polar surface area (TPSA) is 12.9 Å². The Morgan fingerprint density at radius 3 is 2.87 bits per heavy atom. The predicted octanol–water partition coefficient (Wildman–Crippen LogP) is 4.53. The molecule has 0 aliphatic rings. The molecule has 0 N–H and O–H groups in total. The van der Waals surface area contributed by atoms with Gasteiger partial charge in [-0.25, -0.2) is 4.98 Å². The molecule has 3 heteroatoms. The molecule has 0 fully saturated rings. The van der Waals surface area contributed by atoms with Crippen LogP contribution in [-0.4, -0.2) is 4.98 Å². The van der Waals surface area contributed by atoms with Gasteiger partial charge in [0.25, 0.3) is 0 Å². The van der Waals surface area contributed by atoms with Gasteiger partial charge < -0.3 is 0 Å². The molecular weight excluding hydrogens is 270 g/mol. The molecule has 0 unspecified atom stereocenters. The Hall–Kier alpha value is -0.670. The number of rotatable bonds is 3. The summed E-state index contributed by atoms with van der Waals surface area (Å²) in [6, 6.07) is 8.21. The van der Waals surface area contributed by atoms with Crippen molar-refractivity contribution in [3.05, 3.63) is 39.8 Å². The van der Waals surface area contributed by atoms with Crippen LogP contribution in [0, 0.1) is 0 Å². The van der Waals surface area contributed by atoms with Crippen molar-refractivity contribution in [3.63, 3.8) is 0 Å². The smallest absolute Gasteiger partial charge is 0.124 e. The van der Waals surface area contributed by atoms with Crippen molar-refractivity contribution in [2.75, 3.05) is 0 Å². The number of hydrogen-bond acceptors (Lipinski definition) is 2. The largest absolute Gasteiger partial charge is 0.241 e. The summed E-state index contributed by atoms with van der Waals surface area (Å²) in [7, 11) is 0. The summed E-state index contributed by atoms with van der Waals surface area (Å²) >= 11 is 5.26. The minimum absolute atomic E-state index is 1.07. The SMILES string of the molecule is CCCc1csc(-c2ccccc2Br)n1. The van der Waals surface area contributed by atoms with Crippen LogP contribution in [0.15, 0.2) is 34.1 Å². The third-order valence-corrected chi connectivity index (χ3v) is 3.78. The lowest BCUT2D eigenvalue weighted by Crippen LogP contribution is -1.83. The first-order valence-electron chi connectivity index (χ1n) is 5.00. The lowest BCUT2D eigenvalue weighted by Gasteiger charge is -1.98. The highest BCUT2D eigenvalue weighted by Gasteiger charge is 2.06. The van der Waals surface area contributed by atoms with Gasteiger partial charge in [-0.05, 0) is 12.5 Å². The second kappa shape index (κ2) is 4.90. The monoisotopic (exact) mass is 281 g/mol. The molecule has 0 spiro atoms. The standard InChI is InChI=1S/C12H12BrNS/c1-2-5-9-8-15-12(14-9)10-6-3-4-7-11(10)13/h3-4,6-8H,2,5H2,1H3. The number of hydrogen-bond donors (Lipinski definition) is 0. The highest BCUT2D eigenvalue weighted by Crippen LogP contribution is 2.30. The van der Waals surface area contributed by atoms with Crippen LogP contribution in [0.3, 0.4) is 0 Å². The lowest BCUT2D eigenvalue weighted by molar-refractivity contribution is 0.893. The molecule has 0 atom stereocenters. The molecule has 15 heavy (non-hydrogen) atoms. The van der Waals surface area contributed by atoms with Crippen molar-refractivity contribution < 1.29 is 0 Å². The number of thiazole rings is 1. The maximum absolute atomic E-state index is 4.62. The molecular formula is C12H12BrNS. The minimum atomic E-state index is 1.07. The molecule has 0 amide bonds. The average molecular weight is 282 g/mol. The molecule has 78 valence electrons. The highest BCUT2D eigenvalue weighted by atomic mass is 79.9. The molecule has 0 saturated carbocycles. The van der Waals surface area contributed by atoms with Crippen molar-refractivity contribution in [3.8, 4) is 10.6 Å². The number of benzene rings is 1. The summed E-state index contributed by atoms with van der Waals surface area (Å²) in [5, 5.41) is 3.25. The van der Waals surface area contributed by atoms with E-state index < -0.39 is 0 Å². The molecule has 1 aromatic heterocycles. The normalized spacial score (nSPS) is 10.5. The Balaban J connectivity index is 2.33. The van der Waals surface area contributed by atoms with E-state index in [0.717, 1.165) is 22.3 Å². The predicted molar refractivity (Wildman–Crippen MR) is 69.2 cm³/mol. The molecule has 1 heterocycles. The van der Waals surface area contributed by atoms with Gasteiger partial charge in [-0.1, -0.05) is 47.5 Å². The second-order valence-corrected chi connectivity index (χ2v) is 5.09. The third kappa shape index (κ3) is 2.47. The third-order valence-electron chi connectivity index (χ3n) is 2.16. The van der Waals surface area contributed by atoms with Gasteiger partial charge in [0.1, 0.15) is 5.01 Å². The maximum Gasteiger partial charge on any atom is 0.124 e. The summed E-state index contributed by atoms with van der Waals surface area (Å²) in [4.78, 5) is 4.62. The summed E-state index contributed by atoms with van der Waals surface area (Å²) in [6.45, 7) is 2.18. The lowest BCUT2D eigenvalue weighted by atomic mass is 10.2. The molecule has 0 saturated heterocycles. The number of aryl methyl sites for hydroxylation is 1. The first-order valence-corrected chi connectivity index (χ1v) is 6.68. The van der Waals surface area contributed by atoms with E-state index in [-0.39, 0.29) is 0 Å². The van der Waals surface area contributed by atoms with Crippen LogP contribution in [0.25, 0.3) is 10.6 Å². The fourth-order valence-electron chi connectivity index (χ4n) is 1.44. The van der Waals surface area contributed by atoms with Gasteiger partial charge in [0.05, 0.1) is 5.69 Å². The summed E-state index contributed by atoms with van der Waals surface area (Å²) in [6.07, 6.45) is 2.22. The Morgan fingerprint density at radius 1 is 1.33 bits per heavy atom. The van der Waals surface area contributed by atoms with Crippen LogP contribution >= 0.6 is 27.3 Å². The quantitative estimate of drug-likeness (QED) is 0.806. The van der Waals surface area contributed by atoms with E-state index in [4.69, 9.17) is 0 Å². The molecule has 2 rings (SSSR count). The van der Waals surface area contributed by atoms with Crippen LogP contribution in [0.5, 0.6) is 0 Å². The first-order chi connectivity index (χ1) is 7.31. The van der Waals surface area contributed by atoms with Crippen molar-refractivity contribution in [1.82, 2.24) is 4.98 Å². The van der Waals surface area contributed by atoms with Crippen LogP contribution < -0.4 is 0 Å². The fraction of sp³-hybridized carbons (Fsp3) is 0.250. The van der Waals surface area contributed by atoms with E-state index in [0.29, 0.717) is 0 Å². The van der Waals surface area contributed by atoms with E-state index in [1.807, 2.05) is 12.1 Å². The van der Waals surface area contributed by atoms with Crippen LogP contribution in [-0.2, 0) is 6.42 Å². The van der Waals surface area contributed by atoms with E-state index >= 15 is 0 Å². The average Bonchev–Trinajstić information content (AvgIpc) is 2.68. The van der Waals surface area contributed by atoms with Gasteiger partial charge in [0.15, 0.2) is 0 Å². The van der Waals surface area contributed by atoms with Crippen molar-refractivity contribution >= 4 is 27.3 Å². The second-order valence-electron chi connectivity index (χ2n) is 3.37. The number of aromatic nitrogens is 1. The van der Waals surface area contributed by atoms with Crippen molar-refractivity contribution in [1.29, 1.82) is 0 Å². The molecule has 0 aliphatic carbocycles. The molecule has 1 aromatic carbocycles. The Kier molecular flexibility index (Phi) is 3.54. The molecule has 1 nitrogen and oxygen atoms in total. The van der Waals surface area contributed by atoms with Crippen LogP contribution in [0.2, 0.25) is 0 Å². The summed E-state index contributed by atoms with van der Waals surface area (Å²) in [5.74, 6) is 0. The van der Waals surface area contributed by atoms with E-state index in [2.05, 4.69) is 45.4 Å². The van der Waals surface area contributed by atoms with E-state index in [1.165, 1.54) is 11.3 Å². The highest BCUT2D eigenvalue weighted by molar-refractivity contribution is 9.10. The van der Waals surface area contributed by atoms with Gasteiger partial charge in [0, 0.05) is 15.4 Å². The Labute approximate surface area is 102 Å². The van der Waals surface area contributed by atoms with Gasteiger partial charge in [-0.15, -0.1) is 11.3 Å². The molecule has 0 radical (unpaired) electrons. The summed E-state index contributed by atoms with van der Waals surface area (Å²) < 4.78 is 1.11. The fourth-order valence-corrected chi connectivity index (χ4v) is 2.93. The number of nitrogens with zero attached hydrogens (tertiary/aromatic N) is 1. The zero-order chi connectivity index (χ0) is 10.7. The van der Waals surface area contributed by atoms with Crippen molar-refractivity contribution in [2.45, 2.75) is 19.8 Å². The zero-order valence-electron chi connectivity index (χ0n) is 8.53. The van der Waals surface area contributed by atoms with Gasteiger partial charge in [-0.3, -0.25) is 0 Å². The van der Waals surface area contributed by atoms with E-state index in [9.17, 15) is 0 Å².